The van der Waals surface area contributed by atoms with E-state index in [1.165, 1.54) is 24.3 Å². The smallest absolute Gasteiger partial charge is 0.308 e. The van der Waals surface area contributed by atoms with Gasteiger partial charge in [-0.05, 0) is 55.3 Å². The molecule has 0 aromatic heterocycles. The van der Waals surface area contributed by atoms with Crippen LogP contribution in [0, 0.1) is 19.7 Å². The van der Waals surface area contributed by atoms with Gasteiger partial charge in [-0.25, -0.2) is 9.18 Å². The van der Waals surface area contributed by atoms with Gasteiger partial charge in [-0.1, -0.05) is 12.1 Å². The highest BCUT2D eigenvalue weighted by atomic mass is 19.1. The minimum Gasteiger partial charge on any atom is -0.308 e. The summed E-state index contributed by atoms with van der Waals surface area (Å²) in [5.41, 5.74) is 3.44. The number of carbonyl (C=O) groups is 1. The Morgan fingerprint density at radius 3 is 2.37 bits per heavy atom. The van der Waals surface area contributed by atoms with E-state index in [-0.39, 0.29) is 11.8 Å². The van der Waals surface area contributed by atoms with Gasteiger partial charge in [0.15, 0.2) is 0 Å². The molecule has 0 atom stereocenters. The van der Waals surface area contributed by atoms with Crippen molar-refractivity contribution in [1.82, 2.24) is 0 Å². The summed E-state index contributed by atoms with van der Waals surface area (Å²) in [7, 11) is 0. The molecule has 0 saturated heterocycles. The van der Waals surface area contributed by atoms with Crippen LogP contribution in [0.15, 0.2) is 42.5 Å². The van der Waals surface area contributed by atoms with Crippen molar-refractivity contribution in [3.8, 4) is 0 Å². The number of anilines is 2. The Balaban J connectivity index is 2.05. The van der Waals surface area contributed by atoms with Crippen LogP contribution in [0.25, 0.3) is 0 Å². The quantitative estimate of drug-likeness (QED) is 0.837. The normalized spacial score (nSPS) is 10.1. The molecule has 0 saturated carbocycles. The molecule has 0 aliphatic rings. The Kier molecular flexibility index (Phi) is 3.80. The predicted octanol–water partition coefficient (Wildman–Crippen LogP) is 4.09. The van der Waals surface area contributed by atoms with Crippen LogP contribution in [0.4, 0.5) is 20.6 Å². The van der Waals surface area contributed by atoms with E-state index in [4.69, 9.17) is 0 Å². The average Bonchev–Trinajstić information content (AvgIpc) is 2.38. The number of nitrogens with one attached hydrogen (secondary N) is 2. The van der Waals surface area contributed by atoms with Crippen LogP contribution in [0.5, 0.6) is 0 Å². The zero-order chi connectivity index (χ0) is 13.8. The van der Waals surface area contributed by atoms with E-state index in [9.17, 15) is 9.18 Å². The number of urea groups is 1. The van der Waals surface area contributed by atoms with Gasteiger partial charge in [0.05, 0.1) is 0 Å². The molecular formula is C15H15FN2O. The summed E-state index contributed by atoms with van der Waals surface area (Å²) in [6.07, 6.45) is 0. The highest BCUT2D eigenvalue weighted by Crippen LogP contribution is 2.18. The summed E-state index contributed by atoms with van der Waals surface area (Å²) in [4.78, 5) is 11.8. The maximum atomic E-state index is 12.7. The average molecular weight is 258 g/mol. The second-order valence-electron chi connectivity index (χ2n) is 4.33. The van der Waals surface area contributed by atoms with E-state index in [1.54, 1.807) is 0 Å². The SMILES string of the molecule is Cc1cccc(NC(=O)Nc2ccc(F)cc2)c1C. The first-order valence-electron chi connectivity index (χ1n) is 5.96. The van der Waals surface area contributed by atoms with E-state index in [2.05, 4.69) is 10.6 Å². The van der Waals surface area contributed by atoms with E-state index >= 15 is 0 Å². The maximum Gasteiger partial charge on any atom is 0.323 e. The first-order valence-corrected chi connectivity index (χ1v) is 5.96. The van der Waals surface area contributed by atoms with Gasteiger partial charge < -0.3 is 10.6 Å². The third-order valence-corrected chi connectivity index (χ3v) is 2.95. The molecule has 2 aromatic rings. The van der Waals surface area contributed by atoms with Crippen LogP contribution in [0.1, 0.15) is 11.1 Å². The van der Waals surface area contributed by atoms with Crippen LogP contribution < -0.4 is 10.6 Å². The highest BCUT2D eigenvalue weighted by molar-refractivity contribution is 6.00. The standard InChI is InChI=1S/C15H15FN2O/c1-10-4-3-5-14(11(10)2)18-15(19)17-13-8-6-12(16)7-9-13/h3-9H,1-2H3,(H2,17,18,19). The van der Waals surface area contributed by atoms with E-state index < -0.39 is 0 Å². The molecule has 0 fully saturated rings. The van der Waals surface area contributed by atoms with Crippen molar-refractivity contribution >= 4 is 17.4 Å². The van der Waals surface area contributed by atoms with Crippen LogP contribution in [0.3, 0.4) is 0 Å². The van der Waals surface area contributed by atoms with E-state index in [0.717, 1.165) is 16.8 Å². The zero-order valence-electron chi connectivity index (χ0n) is 10.8. The molecule has 0 aliphatic heterocycles. The van der Waals surface area contributed by atoms with Gasteiger partial charge in [0, 0.05) is 11.4 Å². The molecule has 2 N–H and O–H groups in total. The van der Waals surface area contributed by atoms with Gasteiger partial charge in [-0.3, -0.25) is 0 Å². The number of amides is 2. The zero-order valence-corrected chi connectivity index (χ0v) is 10.8. The molecule has 19 heavy (non-hydrogen) atoms. The van der Waals surface area contributed by atoms with Gasteiger partial charge in [-0.15, -0.1) is 0 Å². The maximum absolute atomic E-state index is 12.7. The fourth-order valence-electron chi connectivity index (χ4n) is 1.70. The lowest BCUT2D eigenvalue weighted by Crippen LogP contribution is -2.20. The molecule has 0 heterocycles. The lowest BCUT2D eigenvalue weighted by molar-refractivity contribution is 0.262. The van der Waals surface area contributed by atoms with Crippen molar-refractivity contribution in [3.63, 3.8) is 0 Å². The Morgan fingerprint density at radius 2 is 1.68 bits per heavy atom. The van der Waals surface area contributed by atoms with E-state index in [1.807, 2.05) is 32.0 Å². The second-order valence-corrected chi connectivity index (χ2v) is 4.33. The predicted molar refractivity (Wildman–Crippen MR) is 75.0 cm³/mol. The fraction of sp³-hybridized carbons (Fsp3) is 0.133. The highest BCUT2D eigenvalue weighted by Gasteiger charge is 2.06. The second kappa shape index (κ2) is 5.52. The first-order chi connectivity index (χ1) is 9.06. The lowest BCUT2D eigenvalue weighted by atomic mass is 10.1. The minimum absolute atomic E-state index is 0.333. The Hall–Kier alpha value is -2.36. The summed E-state index contributed by atoms with van der Waals surface area (Å²) in [5, 5.41) is 5.42. The van der Waals surface area contributed by atoms with Gasteiger partial charge in [0.2, 0.25) is 0 Å². The number of hydrogen-bond donors (Lipinski definition) is 2. The van der Waals surface area contributed by atoms with Crippen LogP contribution in [-0.2, 0) is 0 Å². The van der Waals surface area contributed by atoms with Crippen molar-refractivity contribution < 1.29 is 9.18 Å². The molecule has 2 amide bonds. The summed E-state index contributed by atoms with van der Waals surface area (Å²) in [6.45, 7) is 3.93. The van der Waals surface area contributed by atoms with Crippen molar-refractivity contribution in [2.24, 2.45) is 0 Å². The van der Waals surface area contributed by atoms with Crippen LogP contribution in [-0.4, -0.2) is 6.03 Å². The molecule has 0 bridgehead atoms. The van der Waals surface area contributed by atoms with Crippen LogP contribution in [0.2, 0.25) is 0 Å². The van der Waals surface area contributed by atoms with E-state index in [0.29, 0.717) is 5.69 Å². The summed E-state index contributed by atoms with van der Waals surface area (Å²) in [6, 6.07) is 11.0. The largest absolute Gasteiger partial charge is 0.323 e. The third kappa shape index (κ3) is 3.31. The molecule has 3 nitrogen and oxygen atoms in total. The molecular weight excluding hydrogens is 243 g/mol. The molecule has 2 rings (SSSR count). The topological polar surface area (TPSA) is 41.1 Å². The molecule has 0 radical (unpaired) electrons. The number of benzene rings is 2. The van der Waals surface area contributed by atoms with Crippen molar-refractivity contribution in [2.45, 2.75) is 13.8 Å². The Labute approximate surface area is 111 Å². The van der Waals surface area contributed by atoms with Crippen molar-refractivity contribution in [2.75, 3.05) is 10.6 Å². The summed E-state index contributed by atoms with van der Waals surface area (Å²) < 4.78 is 12.7. The van der Waals surface area contributed by atoms with Gasteiger partial charge in [0.25, 0.3) is 0 Å². The monoisotopic (exact) mass is 258 g/mol. The Morgan fingerprint density at radius 1 is 1.00 bits per heavy atom. The molecule has 0 aliphatic carbocycles. The number of hydrogen-bond acceptors (Lipinski definition) is 1. The fourth-order valence-corrected chi connectivity index (χ4v) is 1.70. The lowest BCUT2D eigenvalue weighted by Gasteiger charge is -2.11. The molecule has 98 valence electrons. The Bertz CT molecular complexity index is 594. The van der Waals surface area contributed by atoms with Gasteiger partial charge >= 0.3 is 6.03 Å². The summed E-state index contributed by atoms with van der Waals surface area (Å²) >= 11 is 0. The number of halogens is 1. The number of aryl methyl sites for hydroxylation is 1. The molecule has 0 spiro atoms. The van der Waals surface area contributed by atoms with Gasteiger partial charge in [0.1, 0.15) is 5.82 Å². The number of carbonyl (C=O) groups excluding carboxylic acids is 1. The summed E-state index contributed by atoms with van der Waals surface area (Å²) in [5.74, 6) is -0.333. The molecule has 4 heteroatoms. The van der Waals surface area contributed by atoms with Crippen LogP contribution >= 0.6 is 0 Å². The van der Waals surface area contributed by atoms with Crippen molar-refractivity contribution in [3.05, 3.63) is 59.4 Å². The first kappa shape index (κ1) is 13.1. The minimum atomic E-state index is -0.347. The molecule has 0 unspecified atom stereocenters. The third-order valence-electron chi connectivity index (χ3n) is 2.95. The van der Waals surface area contributed by atoms with Gasteiger partial charge in [-0.2, -0.15) is 0 Å². The number of rotatable bonds is 2. The molecule has 2 aromatic carbocycles. The van der Waals surface area contributed by atoms with Crippen molar-refractivity contribution in [1.29, 1.82) is 0 Å².